The molecule has 0 aromatic heterocycles. The van der Waals surface area contributed by atoms with Gasteiger partial charge in [-0.05, 0) is 49.4 Å². The Morgan fingerprint density at radius 1 is 1.40 bits per heavy atom. The summed E-state index contributed by atoms with van der Waals surface area (Å²) in [5.41, 5.74) is 3.80. The van der Waals surface area contributed by atoms with Gasteiger partial charge in [-0.2, -0.15) is 0 Å². The van der Waals surface area contributed by atoms with Gasteiger partial charge in [0.2, 0.25) is 0 Å². The minimum Gasteiger partial charge on any atom is -0.465 e. The quantitative estimate of drug-likeness (QED) is 0.860. The van der Waals surface area contributed by atoms with Gasteiger partial charge in [0.15, 0.2) is 0 Å². The first-order chi connectivity index (χ1) is 9.65. The number of aryl methyl sites for hydroxylation is 1. The molecule has 1 N–H and O–H groups in total. The van der Waals surface area contributed by atoms with Crippen molar-refractivity contribution in [1.82, 2.24) is 0 Å². The Balaban J connectivity index is 2.28. The highest BCUT2D eigenvalue weighted by Crippen LogP contribution is 2.25. The summed E-state index contributed by atoms with van der Waals surface area (Å²) in [6.45, 7) is 5.65. The molecule has 0 bridgehead atoms. The molecule has 0 atom stereocenters. The number of anilines is 1. The summed E-state index contributed by atoms with van der Waals surface area (Å²) in [6.07, 6.45) is 2.90. The van der Waals surface area contributed by atoms with Crippen molar-refractivity contribution < 1.29 is 14.3 Å². The molecule has 1 heterocycles. The maximum absolute atomic E-state index is 11.9. The second-order valence-electron chi connectivity index (χ2n) is 5.19. The normalized spacial score (nSPS) is 15.9. The van der Waals surface area contributed by atoms with Crippen LogP contribution in [0.5, 0.6) is 0 Å². The number of esters is 1. The van der Waals surface area contributed by atoms with Gasteiger partial charge in [0.25, 0.3) is 0 Å². The fourth-order valence-corrected chi connectivity index (χ4v) is 2.51. The standard InChI is InChI=1S/C16H23NO3/c1-4-12-9-14(16(18)19-3)11(2)15(10-12)17-13-5-7-20-8-6-13/h9-10,13,17H,4-8H2,1-3H3. The van der Waals surface area contributed by atoms with Crippen LogP contribution in [0.25, 0.3) is 0 Å². The molecule has 1 saturated heterocycles. The number of hydrogen-bond donors (Lipinski definition) is 1. The summed E-state index contributed by atoms with van der Waals surface area (Å²) in [6, 6.07) is 4.48. The second-order valence-corrected chi connectivity index (χ2v) is 5.19. The number of hydrogen-bond acceptors (Lipinski definition) is 4. The minimum atomic E-state index is -0.271. The van der Waals surface area contributed by atoms with E-state index in [-0.39, 0.29) is 5.97 Å². The van der Waals surface area contributed by atoms with E-state index >= 15 is 0 Å². The lowest BCUT2D eigenvalue weighted by Crippen LogP contribution is -2.28. The van der Waals surface area contributed by atoms with Crippen molar-refractivity contribution >= 4 is 11.7 Å². The summed E-state index contributed by atoms with van der Waals surface area (Å²) >= 11 is 0. The van der Waals surface area contributed by atoms with Crippen LogP contribution < -0.4 is 5.32 Å². The van der Waals surface area contributed by atoms with Crippen LogP contribution in [0.1, 0.15) is 41.3 Å². The van der Waals surface area contributed by atoms with Gasteiger partial charge in [-0.1, -0.05) is 6.92 Å². The average molecular weight is 277 g/mol. The van der Waals surface area contributed by atoms with Crippen molar-refractivity contribution in [2.75, 3.05) is 25.6 Å². The molecule has 2 rings (SSSR count). The van der Waals surface area contributed by atoms with E-state index in [2.05, 4.69) is 18.3 Å². The van der Waals surface area contributed by atoms with Gasteiger partial charge >= 0.3 is 5.97 Å². The molecule has 1 fully saturated rings. The van der Waals surface area contributed by atoms with Crippen LogP contribution in [-0.2, 0) is 15.9 Å². The number of carbonyl (C=O) groups excluding carboxylic acids is 1. The first-order valence-electron chi connectivity index (χ1n) is 7.21. The highest BCUT2D eigenvalue weighted by molar-refractivity contribution is 5.93. The fourth-order valence-electron chi connectivity index (χ4n) is 2.51. The third-order valence-electron chi connectivity index (χ3n) is 3.86. The summed E-state index contributed by atoms with van der Waals surface area (Å²) in [5, 5.41) is 3.56. The van der Waals surface area contributed by atoms with Crippen molar-refractivity contribution in [3.8, 4) is 0 Å². The summed E-state index contributed by atoms with van der Waals surface area (Å²) in [7, 11) is 1.42. The van der Waals surface area contributed by atoms with E-state index in [4.69, 9.17) is 9.47 Å². The van der Waals surface area contributed by atoms with Crippen molar-refractivity contribution in [2.24, 2.45) is 0 Å². The van der Waals surface area contributed by atoms with Crippen LogP contribution in [-0.4, -0.2) is 32.3 Å². The van der Waals surface area contributed by atoms with Crippen molar-refractivity contribution in [1.29, 1.82) is 0 Å². The Bertz CT molecular complexity index is 479. The van der Waals surface area contributed by atoms with Crippen LogP contribution in [0.4, 0.5) is 5.69 Å². The molecule has 1 aliphatic rings. The molecule has 20 heavy (non-hydrogen) atoms. The average Bonchev–Trinajstić information content (AvgIpc) is 2.49. The number of carbonyl (C=O) groups is 1. The van der Waals surface area contributed by atoms with Crippen LogP contribution in [0, 0.1) is 6.92 Å². The highest BCUT2D eigenvalue weighted by Gasteiger charge is 2.18. The fraction of sp³-hybridized carbons (Fsp3) is 0.562. The maximum atomic E-state index is 11.9. The first kappa shape index (κ1) is 14.9. The minimum absolute atomic E-state index is 0.271. The van der Waals surface area contributed by atoms with E-state index in [1.807, 2.05) is 13.0 Å². The van der Waals surface area contributed by atoms with Crippen LogP contribution in [0.2, 0.25) is 0 Å². The van der Waals surface area contributed by atoms with Gasteiger partial charge in [0, 0.05) is 24.9 Å². The molecule has 110 valence electrons. The zero-order valence-electron chi connectivity index (χ0n) is 12.5. The Hall–Kier alpha value is -1.55. The second kappa shape index (κ2) is 6.75. The van der Waals surface area contributed by atoms with Gasteiger partial charge in [-0.15, -0.1) is 0 Å². The predicted octanol–water partition coefficient (Wildman–Crippen LogP) is 2.93. The van der Waals surface area contributed by atoms with E-state index in [1.54, 1.807) is 0 Å². The van der Waals surface area contributed by atoms with Crippen LogP contribution in [0.3, 0.4) is 0 Å². The number of ether oxygens (including phenoxy) is 2. The van der Waals surface area contributed by atoms with Gasteiger partial charge in [0.1, 0.15) is 0 Å². The van der Waals surface area contributed by atoms with E-state index in [9.17, 15) is 4.79 Å². The van der Waals surface area contributed by atoms with Crippen molar-refractivity contribution in [3.05, 3.63) is 28.8 Å². The number of benzene rings is 1. The van der Waals surface area contributed by atoms with E-state index < -0.39 is 0 Å². The van der Waals surface area contributed by atoms with Crippen LogP contribution >= 0.6 is 0 Å². The third-order valence-corrected chi connectivity index (χ3v) is 3.86. The van der Waals surface area contributed by atoms with E-state index in [1.165, 1.54) is 7.11 Å². The predicted molar refractivity (Wildman–Crippen MR) is 79.4 cm³/mol. The van der Waals surface area contributed by atoms with Gasteiger partial charge in [0.05, 0.1) is 12.7 Å². The topological polar surface area (TPSA) is 47.6 Å². The SMILES string of the molecule is CCc1cc(NC2CCOCC2)c(C)c(C(=O)OC)c1. The molecule has 0 saturated carbocycles. The Labute approximate surface area is 120 Å². The Kier molecular flexibility index (Phi) is 5.01. The zero-order valence-corrected chi connectivity index (χ0v) is 12.5. The first-order valence-corrected chi connectivity index (χ1v) is 7.21. The lowest BCUT2D eigenvalue weighted by Gasteiger charge is -2.26. The lowest BCUT2D eigenvalue weighted by atomic mass is 9.99. The molecule has 0 amide bonds. The van der Waals surface area contributed by atoms with Gasteiger partial charge < -0.3 is 14.8 Å². The largest absolute Gasteiger partial charge is 0.465 e. The molecular weight excluding hydrogens is 254 g/mol. The summed E-state index contributed by atoms with van der Waals surface area (Å²) in [4.78, 5) is 11.9. The molecule has 1 aromatic rings. The lowest BCUT2D eigenvalue weighted by molar-refractivity contribution is 0.0599. The monoisotopic (exact) mass is 277 g/mol. The van der Waals surface area contributed by atoms with E-state index in [0.29, 0.717) is 11.6 Å². The third kappa shape index (κ3) is 3.31. The molecule has 0 unspecified atom stereocenters. The van der Waals surface area contributed by atoms with Crippen molar-refractivity contribution in [3.63, 3.8) is 0 Å². The number of nitrogens with one attached hydrogen (secondary N) is 1. The maximum Gasteiger partial charge on any atom is 0.338 e. The number of rotatable bonds is 4. The molecular formula is C16H23NO3. The van der Waals surface area contributed by atoms with Crippen LogP contribution in [0.15, 0.2) is 12.1 Å². The molecule has 0 aliphatic carbocycles. The summed E-state index contributed by atoms with van der Waals surface area (Å²) < 4.78 is 10.3. The van der Waals surface area contributed by atoms with Gasteiger partial charge in [-0.3, -0.25) is 0 Å². The highest BCUT2D eigenvalue weighted by atomic mass is 16.5. The molecule has 0 radical (unpaired) electrons. The smallest absolute Gasteiger partial charge is 0.338 e. The molecule has 1 aromatic carbocycles. The summed E-state index contributed by atoms with van der Waals surface area (Å²) in [5.74, 6) is -0.271. The Morgan fingerprint density at radius 3 is 2.70 bits per heavy atom. The molecule has 4 nitrogen and oxygen atoms in total. The van der Waals surface area contributed by atoms with E-state index in [0.717, 1.165) is 49.3 Å². The zero-order chi connectivity index (χ0) is 14.5. The Morgan fingerprint density at radius 2 is 2.10 bits per heavy atom. The number of methoxy groups -OCH3 is 1. The molecule has 1 aliphatic heterocycles. The van der Waals surface area contributed by atoms with Crippen molar-refractivity contribution in [2.45, 2.75) is 39.2 Å². The molecule has 4 heteroatoms. The van der Waals surface area contributed by atoms with Gasteiger partial charge in [-0.25, -0.2) is 4.79 Å². The molecule has 0 spiro atoms.